The standard InChI is InChI=1S/C31H31Cl2N7O10S2/c1-4-39(11-6-12-51(45,46)47)21-9-10-25(26(16-21)34-18(3)41)36-37-29-27(31(43)44)17(2)38-40(29)28-23(32)14-20(15-24(28)33)35-30(42)19-7-5-8-22(13-19)52(48,49)50/h5,7-10,13-16H,4,6,11-12H2,1-3H3,(H,34,41)(H,35,42)(H,43,44)(H,45,46,47)(H,48,49,50). The summed E-state index contributed by atoms with van der Waals surface area (Å²) >= 11 is 13.2. The van der Waals surface area contributed by atoms with E-state index in [0.717, 1.165) is 16.8 Å². The molecule has 0 saturated heterocycles. The first-order chi connectivity index (χ1) is 24.3. The molecule has 0 radical (unpaired) electrons. The minimum absolute atomic E-state index is 0.0191. The minimum Gasteiger partial charge on any atom is -0.477 e. The van der Waals surface area contributed by atoms with Crippen LogP contribution in [0.3, 0.4) is 0 Å². The van der Waals surface area contributed by atoms with Crippen LogP contribution in [0.1, 0.15) is 46.7 Å². The highest BCUT2D eigenvalue weighted by molar-refractivity contribution is 7.86. The maximum absolute atomic E-state index is 12.9. The lowest BCUT2D eigenvalue weighted by Gasteiger charge is -2.24. The molecule has 5 N–H and O–H groups in total. The smallest absolute Gasteiger partial charge is 0.341 e. The molecule has 0 spiro atoms. The lowest BCUT2D eigenvalue weighted by atomic mass is 10.2. The van der Waals surface area contributed by atoms with Gasteiger partial charge in [-0.25, -0.2) is 9.48 Å². The van der Waals surface area contributed by atoms with E-state index in [2.05, 4.69) is 26.0 Å². The summed E-state index contributed by atoms with van der Waals surface area (Å²) in [7, 11) is -8.72. The van der Waals surface area contributed by atoms with Crippen LogP contribution in [0.5, 0.6) is 0 Å². The van der Waals surface area contributed by atoms with Crippen molar-refractivity contribution in [3.63, 3.8) is 0 Å². The number of nitrogens with zero attached hydrogens (tertiary/aromatic N) is 5. The molecule has 0 saturated carbocycles. The van der Waals surface area contributed by atoms with Crippen molar-refractivity contribution in [2.75, 3.05) is 34.4 Å². The molecular weight excluding hydrogens is 765 g/mol. The molecule has 1 aromatic heterocycles. The monoisotopic (exact) mass is 795 g/mol. The summed E-state index contributed by atoms with van der Waals surface area (Å²) in [4.78, 5) is 38.6. The van der Waals surface area contributed by atoms with E-state index in [-0.39, 0.29) is 68.4 Å². The molecule has 276 valence electrons. The lowest BCUT2D eigenvalue weighted by molar-refractivity contribution is -0.114. The number of hydrogen-bond donors (Lipinski definition) is 5. The molecule has 0 fully saturated rings. The number of halogens is 2. The Kier molecular flexibility index (Phi) is 12.4. The van der Waals surface area contributed by atoms with Gasteiger partial charge in [-0.1, -0.05) is 29.3 Å². The third-order valence-electron chi connectivity index (χ3n) is 7.25. The van der Waals surface area contributed by atoms with E-state index in [1.807, 2.05) is 11.8 Å². The molecular formula is C31H31Cl2N7O10S2. The molecule has 21 heteroatoms. The molecule has 4 aromatic rings. The van der Waals surface area contributed by atoms with Gasteiger partial charge in [-0.3, -0.25) is 18.7 Å². The number of nitrogens with one attached hydrogen (secondary N) is 2. The number of carboxylic acids is 1. The summed E-state index contributed by atoms with van der Waals surface area (Å²) in [5.74, 6) is -3.35. The zero-order valence-electron chi connectivity index (χ0n) is 27.5. The van der Waals surface area contributed by atoms with Crippen molar-refractivity contribution in [1.29, 1.82) is 0 Å². The van der Waals surface area contributed by atoms with Crippen molar-refractivity contribution in [3.05, 3.63) is 81.5 Å². The highest BCUT2D eigenvalue weighted by atomic mass is 35.5. The van der Waals surface area contributed by atoms with Crippen molar-refractivity contribution in [2.24, 2.45) is 10.2 Å². The van der Waals surface area contributed by atoms with Crippen LogP contribution in [-0.2, 0) is 25.0 Å². The number of benzene rings is 3. The maximum Gasteiger partial charge on any atom is 0.341 e. The molecule has 1 heterocycles. The van der Waals surface area contributed by atoms with E-state index in [4.69, 9.17) is 27.8 Å². The van der Waals surface area contributed by atoms with Crippen molar-refractivity contribution < 1.29 is 45.4 Å². The van der Waals surface area contributed by atoms with Crippen LogP contribution >= 0.6 is 23.2 Å². The predicted molar refractivity (Wildman–Crippen MR) is 193 cm³/mol. The summed E-state index contributed by atoms with van der Waals surface area (Å²) < 4.78 is 64.8. The molecule has 0 unspecified atom stereocenters. The Morgan fingerprint density at radius 2 is 1.63 bits per heavy atom. The highest BCUT2D eigenvalue weighted by Gasteiger charge is 2.26. The Labute approximate surface area is 307 Å². The number of amides is 2. The lowest BCUT2D eigenvalue weighted by Crippen LogP contribution is -2.25. The Balaban J connectivity index is 1.72. The van der Waals surface area contributed by atoms with Gasteiger partial charge in [-0.2, -0.15) is 21.9 Å². The summed E-state index contributed by atoms with van der Waals surface area (Å²) in [5.41, 5.74) is 0.513. The van der Waals surface area contributed by atoms with E-state index in [1.54, 1.807) is 12.1 Å². The second-order valence-electron chi connectivity index (χ2n) is 11.0. The highest BCUT2D eigenvalue weighted by Crippen LogP contribution is 2.38. The van der Waals surface area contributed by atoms with Crippen LogP contribution in [0.4, 0.5) is 28.6 Å². The number of anilines is 3. The zero-order chi connectivity index (χ0) is 38.5. The molecule has 2 amide bonds. The van der Waals surface area contributed by atoms with Crippen LogP contribution in [0.15, 0.2) is 69.7 Å². The van der Waals surface area contributed by atoms with E-state index in [9.17, 15) is 40.9 Å². The summed E-state index contributed by atoms with van der Waals surface area (Å²) in [6.07, 6.45) is 0.133. The summed E-state index contributed by atoms with van der Waals surface area (Å²) in [6, 6.07) is 12.0. The normalized spacial score (nSPS) is 11.8. The van der Waals surface area contributed by atoms with E-state index in [0.29, 0.717) is 12.2 Å². The average Bonchev–Trinajstić information content (AvgIpc) is 3.36. The van der Waals surface area contributed by atoms with Gasteiger partial charge in [-0.05, 0) is 68.8 Å². The molecule has 0 aliphatic heterocycles. The number of aryl methyl sites for hydroxylation is 1. The topological polar surface area (TPSA) is 250 Å². The Morgan fingerprint density at radius 1 is 0.962 bits per heavy atom. The SMILES string of the molecule is CCN(CCCS(=O)(=O)O)c1ccc(N=Nc2c(C(=O)O)c(C)nn2-c2c(Cl)cc(NC(=O)c3cccc(S(=O)(=O)O)c3)cc2Cl)c(NC(C)=O)c1. The molecule has 3 aromatic carbocycles. The predicted octanol–water partition coefficient (Wildman–Crippen LogP) is 6.16. The van der Waals surface area contributed by atoms with Gasteiger partial charge in [-0.15, -0.1) is 10.2 Å². The summed E-state index contributed by atoms with van der Waals surface area (Å²) in [5, 5.41) is 27.7. The first kappa shape index (κ1) is 39.9. The summed E-state index contributed by atoms with van der Waals surface area (Å²) in [6.45, 7) is 5.23. The number of hydrogen-bond acceptors (Lipinski definition) is 11. The van der Waals surface area contributed by atoms with Gasteiger partial charge in [0, 0.05) is 37.0 Å². The molecule has 0 aliphatic carbocycles. The number of carboxylic acid groups (broad SMARTS) is 1. The molecule has 17 nitrogen and oxygen atoms in total. The molecule has 0 aliphatic rings. The average molecular weight is 797 g/mol. The quantitative estimate of drug-likeness (QED) is 0.0711. The van der Waals surface area contributed by atoms with Crippen molar-refractivity contribution in [2.45, 2.75) is 32.1 Å². The van der Waals surface area contributed by atoms with Crippen molar-refractivity contribution >= 4 is 89.8 Å². The molecule has 0 bridgehead atoms. The van der Waals surface area contributed by atoms with E-state index < -0.39 is 48.7 Å². The second-order valence-corrected chi connectivity index (χ2v) is 14.9. The number of azo groups is 1. The van der Waals surface area contributed by atoms with Gasteiger partial charge < -0.3 is 20.6 Å². The minimum atomic E-state index is -4.57. The molecule has 52 heavy (non-hydrogen) atoms. The molecule has 4 rings (SSSR count). The van der Waals surface area contributed by atoms with Gasteiger partial charge in [0.05, 0.1) is 32.1 Å². The number of carbonyl (C=O) groups is 3. The number of aromatic nitrogens is 2. The Hall–Kier alpha value is -4.92. The Morgan fingerprint density at radius 3 is 2.21 bits per heavy atom. The number of carbonyl (C=O) groups excluding carboxylic acids is 2. The van der Waals surface area contributed by atoms with Gasteiger partial charge in [0.2, 0.25) is 5.91 Å². The van der Waals surface area contributed by atoms with Crippen LogP contribution in [0.2, 0.25) is 10.0 Å². The second kappa shape index (κ2) is 16.2. The van der Waals surface area contributed by atoms with Crippen LogP contribution in [0, 0.1) is 6.92 Å². The fourth-order valence-corrected chi connectivity index (χ4v) is 6.63. The first-order valence-corrected chi connectivity index (χ1v) is 18.8. The van der Waals surface area contributed by atoms with E-state index in [1.165, 1.54) is 44.2 Å². The van der Waals surface area contributed by atoms with Gasteiger partial charge in [0.25, 0.3) is 26.1 Å². The third-order valence-corrected chi connectivity index (χ3v) is 9.48. The number of aromatic carboxylic acids is 1. The van der Waals surface area contributed by atoms with E-state index >= 15 is 0 Å². The van der Waals surface area contributed by atoms with Crippen LogP contribution in [0.25, 0.3) is 5.69 Å². The fraction of sp³-hybridized carbons (Fsp3) is 0.226. The van der Waals surface area contributed by atoms with Gasteiger partial charge in [0.1, 0.15) is 16.9 Å². The fourth-order valence-electron chi connectivity index (χ4n) is 4.96. The van der Waals surface area contributed by atoms with Crippen molar-refractivity contribution in [1.82, 2.24) is 9.78 Å². The van der Waals surface area contributed by atoms with Gasteiger partial charge >= 0.3 is 5.97 Å². The largest absolute Gasteiger partial charge is 0.477 e. The van der Waals surface area contributed by atoms with Crippen LogP contribution in [-0.4, -0.2) is 77.5 Å². The van der Waals surface area contributed by atoms with Gasteiger partial charge in [0.15, 0.2) is 5.82 Å². The molecule has 0 atom stereocenters. The zero-order valence-corrected chi connectivity index (χ0v) is 30.7. The maximum atomic E-state index is 12.9. The first-order valence-electron chi connectivity index (χ1n) is 15.0. The number of rotatable bonds is 14. The van der Waals surface area contributed by atoms with Crippen molar-refractivity contribution in [3.8, 4) is 5.69 Å². The van der Waals surface area contributed by atoms with Crippen LogP contribution < -0.4 is 15.5 Å². The third kappa shape index (κ3) is 9.90. The Bertz CT molecular complexity index is 2290.